The minimum atomic E-state index is -0.949. The molecule has 1 heterocycles. The summed E-state index contributed by atoms with van der Waals surface area (Å²) in [6.07, 6.45) is 6.66. The van der Waals surface area contributed by atoms with Gasteiger partial charge in [0.05, 0.1) is 20.5 Å². The van der Waals surface area contributed by atoms with Crippen molar-refractivity contribution in [2.45, 2.75) is 51.1 Å². The molecule has 35 heavy (non-hydrogen) atoms. The Hall–Kier alpha value is -3.74. The van der Waals surface area contributed by atoms with Crippen molar-refractivity contribution in [1.29, 1.82) is 0 Å². The molecule has 7 heteroatoms. The lowest BCUT2D eigenvalue weighted by atomic mass is 9.94. The van der Waals surface area contributed by atoms with Crippen LogP contribution in [0.1, 0.15) is 59.8 Å². The van der Waals surface area contributed by atoms with Crippen LogP contribution in [-0.4, -0.2) is 32.1 Å². The molecule has 0 saturated heterocycles. The van der Waals surface area contributed by atoms with Gasteiger partial charge >= 0.3 is 0 Å². The SMILES string of the molecule is COc1ccc([C@@H](C(=O)NC2CCCCC2)N(C(=O)c2ccco2)c2ccccc2C)cc1OC. The lowest BCUT2D eigenvalue weighted by Gasteiger charge is -2.34. The number of aryl methyl sites for hydroxylation is 1. The van der Waals surface area contributed by atoms with Gasteiger partial charge in [-0.1, -0.05) is 43.5 Å². The van der Waals surface area contributed by atoms with Crippen molar-refractivity contribution in [3.63, 3.8) is 0 Å². The van der Waals surface area contributed by atoms with E-state index < -0.39 is 11.9 Å². The molecule has 184 valence electrons. The number of hydrogen-bond acceptors (Lipinski definition) is 5. The highest BCUT2D eigenvalue weighted by molar-refractivity contribution is 6.09. The number of amides is 2. The number of carbonyl (C=O) groups is 2. The summed E-state index contributed by atoms with van der Waals surface area (Å²) in [4.78, 5) is 29.3. The van der Waals surface area contributed by atoms with Gasteiger partial charge in [-0.15, -0.1) is 0 Å². The van der Waals surface area contributed by atoms with E-state index in [1.807, 2.05) is 31.2 Å². The van der Waals surface area contributed by atoms with E-state index in [2.05, 4.69) is 5.32 Å². The van der Waals surface area contributed by atoms with Crippen LogP contribution in [-0.2, 0) is 4.79 Å². The Kier molecular flexibility index (Phi) is 7.75. The predicted octanol–water partition coefficient (Wildman–Crippen LogP) is 5.44. The molecule has 1 atom stereocenters. The van der Waals surface area contributed by atoms with Crippen LogP contribution in [0.4, 0.5) is 5.69 Å². The van der Waals surface area contributed by atoms with Crippen LogP contribution in [0.25, 0.3) is 0 Å². The number of nitrogens with zero attached hydrogens (tertiary/aromatic N) is 1. The van der Waals surface area contributed by atoms with Crippen LogP contribution in [0, 0.1) is 6.92 Å². The van der Waals surface area contributed by atoms with E-state index in [9.17, 15) is 9.59 Å². The topological polar surface area (TPSA) is 81.0 Å². The van der Waals surface area contributed by atoms with Gasteiger partial charge in [-0.25, -0.2) is 0 Å². The van der Waals surface area contributed by atoms with Crippen molar-refractivity contribution in [2.75, 3.05) is 19.1 Å². The third-order valence-electron chi connectivity index (χ3n) is 6.51. The van der Waals surface area contributed by atoms with Gasteiger partial charge in [0, 0.05) is 11.7 Å². The van der Waals surface area contributed by atoms with Gasteiger partial charge < -0.3 is 19.2 Å². The average molecular weight is 477 g/mol. The Balaban J connectivity index is 1.84. The van der Waals surface area contributed by atoms with Crippen LogP contribution >= 0.6 is 0 Å². The maximum absolute atomic E-state index is 14.0. The van der Waals surface area contributed by atoms with Gasteiger partial charge in [0.15, 0.2) is 17.3 Å². The van der Waals surface area contributed by atoms with Gasteiger partial charge in [0.2, 0.25) is 5.91 Å². The second-order valence-corrected chi connectivity index (χ2v) is 8.80. The van der Waals surface area contributed by atoms with Crippen LogP contribution in [0.5, 0.6) is 11.5 Å². The summed E-state index contributed by atoms with van der Waals surface area (Å²) in [7, 11) is 3.11. The third kappa shape index (κ3) is 5.34. The molecule has 0 spiro atoms. The molecule has 2 aromatic carbocycles. The maximum atomic E-state index is 14.0. The molecule has 0 bridgehead atoms. The average Bonchev–Trinajstić information content (AvgIpc) is 3.43. The number of methoxy groups -OCH3 is 2. The van der Waals surface area contributed by atoms with E-state index in [1.54, 1.807) is 44.6 Å². The quantitative estimate of drug-likeness (QED) is 0.468. The standard InChI is InChI=1S/C28H32N2O5/c1-19-10-7-8-13-22(19)30(28(32)24-14-9-17-35-24)26(27(31)29-21-11-5-4-6-12-21)20-15-16-23(33-2)25(18-20)34-3/h7-10,13-18,21,26H,4-6,11-12H2,1-3H3,(H,29,31)/t26-/m0/s1. The Morgan fingerprint density at radius 1 is 0.971 bits per heavy atom. The normalized spacial score (nSPS) is 14.7. The highest BCUT2D eigenvalue weighted by atomic mass is 16.5. The molecule has 4 rings (SSSR count). The fourth-order valence-electron chi connectivity index (χ4n) is 4.69. The molecule has 1 fully saturated rings. The number of ether oxygens (including phenoxy) is 2. The van der Waals surface area contributed by atoms with E-state index in [-0.39, 0.29) is 17.7 Å². The number of para-hydroxylation sites is 1. The molecular formula is C28H32N2O5. The fourth-order valence-corrected chi connectivity index (χ4v) is 4.69. The summed E-state index contributed by atoms with van der Waals surface area (Å²) in [6, 6.07) is 15.2. The highest BCUT2D eigenvalue weighted by Crippen LogP contribution is 2.36. The maximum Gasteiger partial charge on any atom is 0.294 e. The van der Waals surface area contributed by atoms with Crippen molar-refractivity contribution in [1.82, 2.24) is 5.32 Å². The van der Waals surface area contributed by atoms with Crippen molar-refractivity contribution in [3.05, 3.63) is 77.7 Å². The van der Waals surface area contributed by atoms with Crippen molar-refractivity contribution >= 4 is 17.5 Å². The van der Waals surface area contributed by atoms with Crippen molar-refractivity contribution in [2.24, 2.45) is 0 Å². The molecule has 0 aliphatic heterocycles. The first-order chi connectivity index (χ1) is 17.0. The summed E-state index contributed by atoms with van der Waals surface area (Å²) < 4.78 is 16.4. The number of carbonyl (C=O) groups excluding carboxylic acids is 2. The molecule has 1 N–H and O–H groups in total. The van der Waals surface area contributed by atoms with Crippen LogP contribution in [0.15, 0.2) is 65.3 Å². The molecule has 3 aromatic rings. The molecule has 0 unspecified atom stereocenters. The molecule has 0 radical (unpaired) electrons. The van der Waals surface area contributed by atoms with Gasteiger partial charge in [-0.05, 0) is 61.2 Å². The molecule has 1 saturated carbocycles. The number of anilines is 1. The predicted molar refractivity (Wildman–Crippen MR) is 134 cm³/mol. The van der Waals surface area contributed by atoms with E-state index in [4.69, 9.17) is 13.9 Å². The number of hydrogen-bond donors (Lipinski definition) is 1. The molecule has 1 aromatic heterocycles. The first-order valence-electron chi connectivity index (χ1n) is 12.0. The molecule has 1 aliphatic carbocycles. The Morgan fingerprint density at radius 2 is 1.71 bits per heavy atom. The summed E-state index contributed by atoms with van der Waals surface area (Å²) in [5.41, 5.74) is 2.11. The van der Waals surface area contributed by atoms with Crippen LogP contribution < -0.4 is 19.7 Å². The fraction of sp³-hybridized carbons (Fsp3) is 0.357. The number of benzene rings is 2. The third-order valence-corrected chi connectivity index (χ3v) is 6.51. The van der Waals surface area contributed by atoms with E-state index in [0.29, 0.717) is 22.7 Å². The Morgan fingerprint density at radius 3 is 2.37 bits per heavy atom. The summed E-state index contributed by atoms with van der Waals surface area (Å²) in [6.45, 7) is 1.92. The van der Waals surface area contributed by atoms with Gasteiger partial charge in [-0.2, -0.15) is 0 Å². The molecule has 1 aliphatic rings. The van der Waals surface area contributed by atoms with Gasteiger partial charge in [-0.3, -0.25) is 14.5 Å². The first-order valence-corrected chi connectivity index (χ1v) is 12.0. The summed E-state index contributed by atoms with van der Waals surface area (Å²) in [5.74, 6) is 0.539. The zero-order chi connectivity index (χ0) is 24.8. The second kappa shape index (κ2) is 11.1. The van der Waals surface area contributed by atoms with E-state index in [1.165, 1.54) is 17.6 Å². The Bertz CT molecular complexity index is 1150. The highest BCUT2D eigenvalue weighted by Gasteiger charge is 2.36. The minimum absolute atomic E-state index is 0.0799. The van der Waals surface area contributed by atoms with Crippen molar-refractivity contribution < 1.29 is 23.5 Å². The summed E-state index contributed by atoms with van der Waals surface area (Å²) in [5, 5.41) is 3.22. The number of nitrogens with one attached hydrogen (secondary N) is 1. The first kappa shape index (κ1) is 24.4. The number of furan rings is 1. The van der Waals surface area contributed by atoms with Gasteiger partial charge in [0.25, 0.3) is 5.91 Å². The van der Waals surface area contributed by atoms with E-state index >= 15 is 0 Å². The largest absolute Gasteiger partial charge is 0.493 e. The van der Waals surface area contributed by atoms with E-state index in [0.717, 1.165) is 31.2 Å². The second-order valence-electron chi connectivity index (χ2n) is 8.80. The number of rotatable bonds is 8. The monoisotopic (exact) mass is 476 g/mol. The van der Waals surface area contributed by atoms with Crippen molar-refractivity contribution in [3.8, 4) is 11.5 Å². The molecule has 2 amide bonds. The smallest absolute Gasteiger partial charge is 0.294 e. The molecular weight excluding hydrogens is 444 g/mol. The minimum Gasteiger partial charge on any atom is -0.493 e. The lowest BCUT2D eigenvalue weighted by molar-refractivity contribution is -0.123. The van der Waals surface area contributed by atoms with Crippen LogP contribution in [0.2, 0.25) is 0 Å². The Labute approximate surface area is 206 Å². The van der Waals surface area contributed by atoms with Gasteiger partial charge in [0.1, 0.15) is 6.04 Å². The molecule has 7 nitrogen and oxygen atoms in total. The lowest BCUT2D eigenvalue weighted by Crippen LogP contribution is -2.47. The summed E-state index contributed by atoms with van der Waals surface area (Å²) >= 11 is 0. The zero-order valence-corrected chi connectivity index (χ0v) is 20.5. The van der Waals surface area contributed by atoms with Crippen LogP contribution in [0.3, 0.4) is 0 Å². The zero-order valence-electron chi connectivity index (χ0n) is 20.5.